The van der Waals surface area contributed by atoms with E-state index in [2.05, 4.69) is 30.5 Å². The number of nitrogens with zero attached hydrogens (tertiary/aromatic N) is 1. The first-order valence-corrected chi connectivity index (χ1v) is 6.37. The molecule has 5 heteroatoms. The van der Waals surface area contributed by atoms with Gasteiger partial charge in [0.05, 0.1) is 23.7 Å². The summed E-state index contributed by atoms with van der Waals surface area (Å²) < 4.78 is 4.61. The van der Waals surface area contributed by atoms with Gasteiger partial charge in [-0.2, -0.15) is 0 Å². The molecule has 0 amide bonds. The predicted molar refractivity (Wildman–Crippen MR) is 67.0 cm³/mol. The van der Waals surface area contributed by atoms with Crippen LogP contribution in [0.2, 0.25) is 0 Å². The summed E-state index contributed by atoms with van der Waals surface area (Å²) in [5, 5.41) is 12.8. The van der Waals surface area contributed by atoms with Crippen molar-refractivity contribution in [1.29, 1.82) is 0 Å². The Kier molecular flexibility index (Phi) is 4.27. The van der Waals surface area contributed by atoms with Crippen molar-refractivity contribution in [2.24, 2.45) is 5.92 Å². The van der Waals surface area contributed by atoms with Crippen LogP contribution in [0.4, 0.5) is 0 Å². The average molecular weight is 257 g/mol. The highest BCUT2D eigenvalue weighted by Crippen LogP contribution is 2.30. The van der Waals surface area contributed by atoms with E-state index in [1.807, 2.05) is 0 Å². The third-order valence-electron chi connectivity index (χ3n) is 2.51. The molecule has 0 aromatic carbocycles. The third kappa shape index (κ3) is 3.26. The molecule has 0 aliphatic heterocycles. The van der Waals surface area contributed by atoms with Gasteiger partial charge in [-0.25, -0.2) is 4.98 Å². The number of methoxy groups -OCH3 is 1. The lowest BCUT2D eigenvalue weighted by Gasteiger charge is -2.16. The van der Waals surface area contributed by atoms with Crippen molar-refractivity contribution in [2.75, 3.05) is 7.11 Å². The van der Waals surface area contributed by atoms with Crippen molar-refractivity contribution in [1.82, 2.24) is 4.98 Å². The summed E-state index contributed by atoms with van der Waals surface area (Å²) in [5.74, 6) is -1.03. The van der Waals surface area contributed by atoms with E-state index in [0.29, 0.717) is 5.69 Å². The van der Waals surface area contributed by atoms with Gasteiger partial charge in [-0.15, -0.1) is 11.3 Å². The van der Waals surface area contributed by atoms with Gasteiger partial charge in [0.25, 0.3) is 0 Å². The molecule has 17 heavy (non-hydrogen) atoms. The molecule has 0 aliphatic carbocycles. The van der Waals surface area contributed by atoms with Gasteiger partial charge >= 0.3 is 5.97 Å². The molecular weight excluding hydrogens is 238 g/mol. The van der Waals surface area contributed by atoms with Crippen molar-refractivity contribution >= 4 is 17.3 Å². The monoisotopic (exact) mass is 257 g/mol. The normalized spacial score (nSPS) is 15.4. The summed E-state index contributed by atoms with van der Waals surface area (Å²) in [6.07, 6.45) is -0.908. The average Bonchev–Trinajstić information content (AvgIpc) is 2.74. The van der Waals surface area contributed by atoms with E-state index in [-0.39, 0.29) is 5.41 Å². The minimum Gasteiger partial charge on any atom is -0.469 e. The van der Waals surface area contributed by atoms with E-state index >= 15 is 0 Å². The Balaban J connectivity index is 2.87. The molecule has 0 saturated carbocycles. The molecule has 0 aliphatic rings. The zero-order chi connectivity index (χ0) is 13.2. The molecule has 0 saturated heterocycles. The topological polar surface area (TPSA) is 59.4 Å². The summed E-state index contributed by atoms with van der Waals surface area (Å²) in [5.41, 5.74) is 0.495. The third-order valence-corrected chi connectivity index (χ3v) is 3.80. The van der Waals surface area contributed by atoms with Crippen LogP contribution < -0.4 is 0 Å². The van der Waals surface area contributed by atoms with E-state index in [4.69, 9.17) is 0 Å². The maximum atomic E-state index is 11.3. The number of aliphatic hydroxyl groups excluding tert-OH is 1. The second-order valence-electron chi connectivity index (χ2n) is 5.08. The summed E-state index contributed by atoms with van der Waals surface area (Å²) in [7, 11) is 1.31. The molecule has 0 radical (unpaired) electrons. The highest BCUT2D eigenvalue weighted by Gasteiger charge is 2.27. The number of ether oxygens (including phenoxy) is 1. The number of rotatable bonds is 3. The Hall–Kier alpha value is -0.940. The van der Waals surface area contributed by atoms with Gasteiger partial charge in [-0.3, -0.25) is 4.79 Å². The quantitative estimate of drug-likeness (QED) is 0.844. The number of carbonyl (C=O) groups excluding carboxylic acids is 1. The van der Waals surface area contributed by atoms with Crippen molar-refractivity contribution in [3.05, 3.63) is 16.1 Å². The fraction of sp³-hybridized carbons (Fsp3) is 0.667. The van der Waals surface area contributed by atoms with Crippen LogP contribution in [0.1, 0.15) is 44.5 Å². The fourth-order valence-electron chi connectivity index (χ4n) is 1.34. The molecule has 1 aromatic heterocycles. The predicted octanol–water partition coefficient (Wildman–Crippen LogP) is 2.28. The Morgan fingerprint density at radius 2 is 2.12 bits per heavy atom. The van der Waals surface area contributed by atoms with Crippen LogP contribution in [0.15, 0.2) is 5.38 Å². The number of aliphatic hydroxyl groups is 1. The highest BCUT2D eigenvalue weighted by molar-refractivity contribution is 7.09. The molecule has 1 aromatic rings. The molecule has 1 rings (SSSR count). The number of hydrogen-bond acceptors (Lipinski definition) is 5. The van der Waals surface area contributed by atoms with Crippen LogP contribution >= 0.6 is 11.3 Å². The molecule has 1 N–H and O–H groups in total. The molecule has 2 atom stereocenters. The molecule has 1 heterocycles. The summed E-state index contributed by atoms with van der Waals surface area (Å²) in [6.45, 7) is 7.82. The first-order valence-electron chi connectivity index (χ1n) is 5.49. The SMILES string of the molecule is COC(=O)C(C)C(O)c1csc(C(C)(C)C)n1. The number of hydrogen-bond donors (Lipinski definition) is 1. The van der Waals surface area contributed by atoms with E-state index in [1.165, 1.54) is 18.4 Å². The first-order chi connectivity index (χ1) is 7.77. The van der Waals surface area contributed by atoms with Gasteiger partial charge in [0.1, 0.15) is 6.10 Å². The lowest BCUT2D eigenvalue weighted by atomic mass is 9.98. The van der Waals surface area contributed by atoms with Gasteiger partial charge in [0.2, 0.25) is 0 Å². The van der Waals surface area contributed by atoms with Crippen LogP contribution in [-0.4, -0.2) is 23.2 Å². The minimum absolute atomic E-state index is 0.0445. The first kappa shape index (κ1) is 14.1. The van der Waals surface area contributed by atoms with E-state index in [1.54, 1.807) is 12.3 Å². The zero-order valence-electron chi connectivity index (χ0n) is 10.9. The second-order valence-corrected chi connectivity index (χ2v) is 5.94. The molecule has 96 valence electrons. The second kappa shape index (κ2) is 5.14. The van der Waals surface area contributed by atoms with Crippen molar-refractivity contribution in [3.8, 4) is 0 Å². The molecule has 0 fully saturated rings. The van der Waals surface area contributed by atoms with Gasteiger partial charge in [-0.1, -0.05) is 20.8 Å². The van der Waals surface area contributed by atoms with Gasteiger partial charge in [0.15, 0.2) is 0 Å². The van der Waals surface area contributed by atoms with Crippen molar-refractivity contribution in [2.45, 2.75) is 39.2 Å². The van der Waals surface area contributed by atoms with E-state index in [0.717, 1.165) is 5.01 Å². The summed E-state index contributed by atoms with van der Waals surface area (Å²) in [4.78, 5) is 15.7. The van der Waals surface area contributed by atoms with Crippen LogP contribution in [0.3, 0.4) is 0 Å². The lowest BCUT2D eigenvalue weighted by Crippen LogP contribution is -2.21. The van der Waals surface area contributed by atoms with Crippen LogP contribution in [0, 0.1) is 5.92 Å². The Labute approximate surface area is 106 Å². The van der Waals surface area contributed by atoms with Crippen LogP contribution in [-0.2, 0) is 14.9 Å². The minimum atomic E-state index is -0.908. The zero-order valence-corrected chi connectivity index (χ0v) is 11.7. The van der Waals surface area contributed by atoms with Gasteiger partial charge in [-0.05, 0) is 6.92 Å². The Morgan fingerprint density at radius 3 is 2.53 bits per heavy atom. The molecule has 0 spiro atoms. The van der Waals surface area contributed by atoms with Gasteiger partial charge in [0, 0.05) is 10.8 Å². The van der Waals surface area contributed by atoms with E-state index in [9.17, 15) is 9.90 Å². The van der Waals surface area contributed by atoms with Crippen LogP contribution in [0.5, 0.6) is 0 Å². The largest absolute Gasteiger partial charge is 0.469 e. The molecular formula is C12H19NO3S. The molecule has 4 nitrogen and oxygen atoms in total. The smallest absolute Gasteiger partial charge is 0.311 e. The maximum absolute atomic E-state index is 11.3. The maximum Gasteiger partial charge on any atom is 0.311 e. The van der Waals surface area contributed by atoms with Gasteiger partial charge < -0.3 is 9.84 Å². The Bertz CT molecular complexity index is 395. The number of esters is 1. The van der Waals surface area contributed by atoms with Crippen LogP contribution in [0.25, 0.3) is 0 Å². The number of carbonyl (C=O) groups is 1. The van der Waals surface area contributed by atoms with E-state index < -0.39 is 18.0 Å². The number of thiazole rings is 1. The molecule has 2 unspecified atom stereocenters. The lowest BCUT2D eigenvalue weighted by molar-refractivity contribution is -0.148. The summed E-state index contributed by atoms with van der Waals surface area (Å²) >= 11 is 1.50. The number of aromatic nitrogens is 1. The van der Waals surface area contributed by atoms with Crippen molar-refractivity contribution in [3.63, 3.8) is 0 Å². The standard InChI is InChI=1S/C12H19NO3S/c1-7(10(15)16-5)9(14)8-6-17-11(13-8)12(2,3)4/h6-7,9,14H,1-5H3. The Morgan fingerprint density at radius 1 is 1.53 bits per heavy atom. The fourth-order valence-corrected chi connectivity index (χ4v) is 2.27. The van der Waals surface area contributed by atoms with Crippen molar-refractivity contribution < 1.29 is 14.6 Å². The summed E-state index contributed by atoms with van der Waals surface area (Å²) in [6, 6.07) is 0. The molecule has 0 bridgehead atoms. The highest BCUT2D eigenvalue weighted by atomic mass is 32.1.